The SMILES string of the molecule is FCF.O=C(N1CC(OCc2ccc(CF)cc2F)C1)N1CCC(c2ncn[nH]2)C1. The minimum absolute atomic E-state index is 0.00431. The molecule has 2 aliphatic heterocycles. The Hall–Kier alpha value is -2.69. The van der Waals surface area contributed by atoms with Crippen LogP contribution in [0.25, 0.3) is 0 Å². The Morgan fingerprint density at radius 2 is 1.97 bits per heavy atom. The van der Waals surface area contributed by atoms with Gasteiger partial charge in [0.15, 0.2) is 0 Å². The molecular weight excluding hydrogens is 406 g/mol. The quantitative estimate of drug-likeness (QED) is 0.742. The molecule has 1 unspecified atom stereocenters. The molecule has 0 spiro atoms. The summed E-state index contributed by atoms with van der Waals surface area (Å²) in [7, 11) is 0. The molecule has 0 bridgehead atoms. The minimum atomic E-state index is -1.75. The third-order valence-electron chi connectivity index (χ3n) is 5.14. The lowest BCUT2D eigenvalue weighted by Gasteiger charge is -2.40. The van der Waals surface area contributed by atoms with Crippen molar-refractivity contribution in [3.8, 4) is 0 Å². The van der Waals surface area contributed by atoms with E-state index >= 15 is 0 Å². The molecule has 11 heteroatoms. The molecule has 2 amide bonds. The summed E-state index contributed by atoms with van der Waals surface area (Å²) in [6.07, 6.45) is 2.23. The number of likely N-dealkylation sites (tertiary alicyclic amines) is 2. The van der Waals surface area contributed by atoms with Crippen LogP contribution >= 0.6 is 0 Å². The van der Waals surface area contributed by atoms with E-state index in [1.54, 1.807) is 17.0 Å². The fraction of sp³-hybridized carbons (Fsp3) is 0.526. The van der Waals surface area contributed by atoms with Gasteiger partial charge in [0.05, 0.1) is 25.8 Å². The molecule has 30 heavy (non-hydrogen) atoms. The van der Waals surface area contributed by atoms with E-state index in [-0.39, 0.29) is 24.7 Å². The monoisotopic (exact) mass is 429 g/mol. The first-order valence-corrected chi connectivity index (χ1v) is 9.51. The average Bonchev–Trinajstić information content (AvgIpc) is 3.39. The second-order valence-corrected chi connectivity index (χ2v) is 7.08. The zero-order valence-corrected chi connectivity index (χ0v) is 16.2. The smallest absolute Gasteiger partial charge is 0.320 e. The molecule has 3 heterocycles. The van der Waals surface area contributed by atoms with Gasteiger partial charge in [-0.05, 0) is 18.1 Å². The second-order valence-electron chi connectivity index (χ2n) is 7.08. The van der Waals surface area contributed by atoms with Crippen molar-refractivity contribution >= 4 is 6.03 Å². The van der Waals surface area contributed by atoms with E-state index in [0.29, 0.717) is 37.3 Å². The first kappa shape index (κ1) is 22.0. The average molecular weight is 429 g/mol. The number of hydrogen-bond acceptors (Lipinski definition) is 4. The predicted octanol–water partition coefficient (Wildman–Crippen LogP) is 3.11. The number of carbonyl (C=O) groups excluding carboxylic acids is 1. The molecule has 1 aromatic heterocycles. The van der Waals surface area contributed by atoms with Gasteiger partial charge in [-0.25, -0.2) is 27.3 Å². The summed E-state index contributed by atoms with van der Waals surface area (Å²) >= 11 is 0. The molecule has 2 fully saturated rings. The van der Waals surface area contributed by atoms with Gasteiger partial charge in [0, 0.05) is 24.6 Å². The van der Waals surface area contributed by atoms with Gasteiger partial charge in [-0.1, -0.05) is 12.1 Å². The Kier molecular flexibility index (Phi) is 7.61. The number of benzene rings is 1. The van der Waals surface area contributed by atoms with Gasteiger partial charge in [-0.15, -0.1) is 0 Å². The summed E-state index contributed by atoms with van der Waals surface area (Å²) in [6.45, 7) is -0.0204. The standard InChI is InChI=1S/C18H21F2N5O2.CH2F2/c19-6-12-1-2-14(16(20)5-12)10-27-15-8-25(9-15)18(26)24-4-3-13(7-24)17-21-11-22-23-17;2-1-3/h1-2,5,11,13,15H,3-4,6-10H2,(H,21,22,23);1H2. The van der Waals surface area contributed by atoms with Crippen LogP contribution in [-0.2, 0) is 18.0 Å². The van der Waals surface area contributed by atoms with Crippen molar-refractivity contribution in [1.29, 1.82) is 0 Å². The van der Waals surface area contributed by atoms with Gasteiger partial charge in [0.25, 0.3) is 0 Å². The van der Waals surface area contributed by atoms with E-state index < -0.39 is 19.4 Å². The number of aromatic amines is 1. The number of rotatable bonds is 5. The number of amides is 2. The molecule has 164 valence electrons. The third-order valence-corrected chi connectivity index (χ3v) is 5.14. The highest BCUT2D eigenvalue weighted by atomic mass is 19.3. The number of H-pyrrole nitrogens is 1. The lowest BCUT2D eigenvalue weighted by molar-refractivity contribution is -0.0494. The predicted molar refractivity (Wildman–Crippen MR) is 99.2 cm³/mol. The highest BCUT2D eigenvalue weighted by molar-refractivity contribution is 5.75. The fourth-order valence-corrected chi connectivity index (χ4v) is 3.47. The van der Waals surface area contributed by atoms with Crippen LogP contribution in [0.5, 0.6) is 0 Å². The van der Waals surface area contributed by atoms with E-state index in [2.05, 4.69) is 15.2 Å². The van der Waals surface area contributed by atoms with Crippen LogP contribution in [0.15, 0.2) is 24.5 Å². The Labute approximate surface area is 171 Å². The van der Waals surface area contributed by atoms with E-state index in [9.17, 15) is 22.4 Å². The number of urea groups is 1. The molecule has 0 saturated carbocycles. The molecule has 0 radical (unpaired) electrons. The lowest BCUT2D eigenvalue weighted by Crippen LogP contribution is -2.58. The van der Waals surface area contributed by atoms with Gasteiger partial charge in [0.2, 0.25) is 6.93 Å². The van der Waals surface area contributed by atoms with Crippen LogP contribution < -0.4 is 0 Å². The molecule has 1 N–H and O–H groups in total. The van der Waals surface area contributed by atoms with E-state index in [4.69, 9.17) is 4.74 Å². The van der Waals surface area contributed by atoms with Crippen molar-refractivity contribution in [1.82, 2.24) is 25.0 Å². The molecule has 4 rings (SSSR count). The Balaban J connectivity index is 0.000000806. The summed E-state index contributed by atoms with van der Waals surface area (Å²) in [4.78, 5) is 20.3. The zero-order valence-electron chi connectivity index (χ0n) is 16.2. The maximum absolute atomic E-state index is 13.8. The second kappa shape index (κ2) is 10.4. The van der Waals surface area contributed by atoms with Gasteiger partial charge < -0.3 is 14.5 Å². The maximum atomic E-state index is 13.8. The lowest BCUT2D eigenvalue weighted by atomic mass is 10.1. The van der Waals surface area contributed by atoms with E-state index in [1.807, 2.05) is 4.90 Å². The van der Waals surface area contributed by atoms with Crippen LogP contribution in [-0.4, -0.2) is 70.2 Å². The van der Waals surface area contributed by atoms with Crippen LogP contribution in [0.2, 0.25) is 0 Å². The fourth-order valence-electron chi connectivity index (χ4n) is 3.47. The van der Waals surface area contributed by atoms with Gasteiger partial charge >= 0.3 is 6.03 Å². The van der Waals surface area contributed by atoms with Crippen LogP contribution in [0.3, 0.4) is 0 Å². The van der Waals surface area contributed by atoms with Gasteiger partial charge in [-0.2, -0.15) is 5.10 Å². The van der Waals surface area contributed by atoms with E-state index in [1.165, 1.54) is 12.4 Å². The first-order valence-electron chi connectivity index (χ1n) is 9.51. The largest absolute Gasteiger partial charge is 0.370 e. The summed E-state index contributed by atoms with van der Waals surface area (Å²) < 4.78 is 51.3. The number of halogens is 4. The Morgan fingerprint density at radius 3 is 2.60 bits per heavy atom. The van der Waals surface area contributed by atoms with Crippen molar-refractivity contribution in [3.63, 3.8) is 0 Å². The summed E-state index contributed by atoms with van der Waals surface area (Å²) in [5.74, 6) is 0.545. The number of alkyl halides is 3. The molecule has 2 aromatic rings. The van der Waals surface area contributed by atoms with Gasteiger partial charge in [-0.3, -0.25) is 5.10 Å². The number of aromatic nitrogens is 3. The molecule has 7 nitrogen and oxygen atoms in total. The summed E-state index contributed by atoms with van der Waals surface area (Å²) in [5.41, 5.74) is 0.706. The highest BCUT2D eigenvalue weighted by Gasteiger charge is 2.37. The zero-order chi connectivity index (χ0) is 21.5. The molecule has 1 atom stereocenters. The third kappa shape index (κ3) is 5.26. The molecule has 0 aliphatic carbocycles. The first-order chi connectivity index (χ1) is 14.5. The van der Waals surface area contributed by atoms with Crippen molar-refractivity contribution in [2.45, 2.75) is 31.7 Å². The number of nitrogens with zero attached hydrogens (tertiary/aromatic N) is 4. The summed E-state index contributed by atoms with van der Waals surface area (Å²) in [6, 6.07) is 4.28. The molecule has 2 aliphatic rings. The number of carbonyl (C=O) groups is 1. The van der Waals surface area contributed by atoms with Crippen LogP contribution in [0.4, 0.5) is 22.4 Å². The number of nitrogens with one attached hydrogen (secondary N) is 1. The van der Waals surface area contributed by atoms with Crippen molar-refractivity contribution in [3.05, 3.63) is 47.3 Å². The Morgan fingerprint density at radius 1 is 1.20 bits per heavy atom. The topological polar surface area (TPSA) is 74.3 Å². The number of ether oxygens (including phenoxy) is 1. The minimum Gasteiger partial charge on any atom is -0.370 e. The molecular formula is C19H23F4N5O2. The van der Waals surface area contributed by atoms with Crippen molar-refractivity contribution in [2.24, 2.45) is 0 Å². The normalized spacial score (nSPS) is 18.7. The maximum Gasteiger partial charge on any atom is 0.320 e. The van der Waals surface area contributed by atoms with Gasteiger partial charge in [0.1, 0.15) is 24.6 Å². The molecule has 2 saturated heterocycles. The summed E-state index contributed by atoms with van der Waals surface area (Å²) in [5, 5.41) is 6.72. The van der Waals surface area contributed by atoms with E-state index in [0.717, 1.165) is 12.2 Å². The van der Waals surface area contributed by atoms with Crippen LogP contribution in [0, 0.1) is 5.82 Å². The van der Waals surface area contributed by atoms with Crippen LogP contribution in [0.1, 0.15) is 29.3 Å². The Bertz CT molecular complexity index is 817. The highest BCUT2D eigenvalue weighted by Crippen LogP contribution is 2.26. The molecule has 1 aromatic carbocycles. The van der Waals surface area contributed by atoms with Crippen molar-refractivity contribution < 1.29 is 27.1 Å². The van der Waals surface area contributed by atoms with Crippen molar-refractivity contribution in [2.75, 3.05) is 33.1 Å². The number of hydrogen-bond donors (Lipinski definition) is 1.